The number of nitrogen functional groups attached to an aromatic ring is 1. The predicted molar refractivity (Wildman–Crippen MR) is 71.3 cm³/mol. The Labute approximate surface area is 110 Å². The van der Waals surface area contributed by atoms with Crippen LogP contribution in [0, 0.1) is 0 Å². The number of rotatable bonds is 3. The number of hydrogen-bond acceptors (Lipinski definition) is 6. The zero-order chi connectivity index (χ0) is 13.2. The van der Waals surface area contributed by atoms with Crippen LogP contribution in [0.2, 0.25) is 0 Å². The number of nitrogens with zero attached hydrogens (tertiary/aromatic N) is 2. The molecule has 1 unspecified atom stereocenters. The molecule has 1 aliphatic rings. The Hall–Kier alpha value is -2.50. The van der Waals surface area contributed by atoms with Crippen molar-refractivity contribution >= 4 is 11.8 Å². The molecule has 6 nitrogen and oxygen atoms in total. The van der Waals surface area contributed by atoms with Crippen LogP contribution in [0.5, 0.6) is 11.6 Å². The van der Waals surface area contributed by atoms with Crippen LogP contribution >= 0.6 is 0 Å². The lowest BCUT2D eigenvalue weighted by molar-refractivity contribution is 0.339. The third-order valence-electron chi connectivity index (χ3n) is 2.95. The lowest BCUT2D eigenvalue weighted by Crippen LogP contribution is -2.14. The third-order valence-corrected chi connectivity index (χ3v) is 2.95. The van der Waals surface area contributed by atoms with Crippen molar-refractivity contribution in [1.29, 1.82) is 0 Å². The molecule has 0 saturated carbocycles. The molecule has 0 radical (unpaired) electrons. The Bertz CT molecular complexity index is 603. The van der Waals surface area contributed by atoms with E-state index in [0.717, 1.165) is 11.3 Å². The van der Waals surface area contributed by atoms with E-state index in [-0.39, 0.29) is 12.0 Å². The van der Waals surface area contributed by atoms with Gasteiger partial charge in [0.1, 0.15) is 18.2 Å². The topological polar surface area (TPSA) is 82.3 Å². The maximum Gasteiger partial charge on any atom is 0.225 e. The van der Waals surface area contributed by atoms with Gasteiger partial charge in [0, 0.05) is 11.6 Å². The number of nitrogens with one attached hydrogen (secondary N) is 1. The quantitative estimate of drug-likeness (QED) is 0.870. The lowest BCUT2D eigenvalue weighted by Gasteiger charge is -2.13. The van der Waals surface area contributed by atoms with Crippen LogP contribution in [0.15, 0.2) is 30.3 Å². The van der Waals surface area contributed by atoms with Crippen molar-refractivity contribution in [2.45, 2.75) is 6.04 Å². The summed E-state index contributed by atoms with van der Waals surface area (Å²) in [7, 11) is 1.54. The van der Waals surface area contributed by atoms with E-state index in [1.54, 1.807) is 13.2 Å². The van der Waals surface area contributed by atoms with Crippen molar-refractivity contribution in [3.63, 3.8) is 0 Å². The van der Waals surface area contributed by atoms with Crippen molar-refractivity contribution < 1.29 is 9.47 Å². The highest BCUT2D eigenvalue weighted by Gasteiger charge is 2.23. The molecule has 0 fully saturated rings. The molecule has 1 aromatic heterocycles. The van der Waals surface area contributed by atoms with Crippen LogP contribution in [0.4, 0.5) is 11.8 Å². The van der Waals surface area contributed by atoms with E-state index in [1.165, 1.54) is 0 Å². The largest absolute Gasteiger partial charge is 0.491 e. The van der Waals surface area contributed by atoms with Gasteiger partial charge in [-0.3, -0.25) is 0 Å². The van der Waals surface area contributed by atoms with Crippen LogP contribution in [0.3, 0.4) is 0 Å². The van der Waals surface area contributed by atoms with Crippen molar-refractivity contribution in [3.8, 4) is 11.6 Å². The molecule has 19 heavy (non-hydrogen) atoms. The summed E-state index contributed by atoms with van der Waals surface area (Å²) in [6.45, 7) is 0.561. The van der Waals surface area contributed by atoms with E-state index in [2.05, 4.69) is 15.3 Å². The van der Waals surface area contributed by atoms with Crippen molar-refractivity contribution in [3.05, 3.63) is 35.9 Å². The molecule has 0 saturated heterocycles. The van der Waals surface area contributed by atoms with E-state index >= 15 is 0 Å². The zero-order valence-corrected chi connectivity index (χ0v) is 10.5. The van der Waals surface area contributed by atoms with Gasteiger partial charge in [0.25, 0.3) is 0 Å². The molecule has 2 heterocycles. The number of fused-ring (bicyclic) bond motifs is 1. The molecule has 3 rings (SSSR count). The van der Waals surface area contributed by atoms with Crippen LogP contribution in [-0.4, -0.2) is 23.7 Å². The van der Waals surface area contributed by atoms with Gasteiger partial charge >= 0.3 is 0 Å². The average molecular weight is 258 g/mol. The van der Waals surface area contributed by atoms with Gasteiger partial charge in [0.2, 0.25) is 11.8 Å². The van der Waals surface area contributed by atoms with E-state index in [1.807, 2.05) is 24.3 Å². The normalized spacial score (nSPS) is 16.6. The van der Waals surface area contributed by atoms with Crippen LogP contribution in [0.1, 0.15) is 11.6 Å². The van der Waals surface area contributed by atoms with Crippen molar-refractivity contribution in [2.24, 2.45) is 0 Å². The molecule has 1 aromatic carbocycles. The van der Waals surface area contributed by atoms with E-state index in [4.69, 9.17) is 15.2 Å². The summed E-state index contributed by atoms with van der Waals surface area (Å²) < 4.78 is 10.7. The monoisotopic (exact) mass is 258 g/mol. The lowest BCUT2D eigenvalue weighted by atomic mass is 10.1. The first-order chi connectivity index (χ1) is 9.26. The summed E-state index contributed by atoms with van der Waals surface area (Å²) in [6, 6.07) is 9.67. The highest BCUT2D eigenvalue weighted by atomic mass is 16.5. The second kappa shape index (κ2) is 4.64. The molecule has 0 aliphatic carbocycles. The number of benzene rings is 1. The summed E-state index contributed by atoms with van der Waals surface area (Å²) in [6.07, 6.45) is 0. The molecular weight excluding hydrogens is 244 g/mol. The molecule has 0 amide bonds. The van der Waals surface area contributed by atoms with Gasteiger partial charge in [-0.15, -0.1) is 0 Å². The Kier molecular flexibility index (Phi) is 2.83. The second-order valence-electron chi connectivity index (χ2n) is 4.20. The van der Waals surface area contributed by atoms with Gasteiger partial charge in [-0.05, 0) is 6.07 Å². The molecule has 98 valence electrons. The van der Waals surface area contributed by atoms with Crippen molar-refractivity contribution in [2.75, 3.05) is 24.8 Å². The summed E-state index contributed by atoms with van der Waals surface area (Å²) in [5.74, 6) is 2.12. The Balaban J connectivity index is 1.85. The SMILES string of the molecule is COc1cc(NC2COc3ccccc32)nc(N)n1. The minimum atomic E-state index is 0.0511. The standard InChI is InChI=1S/C13H14N4O2/c1-18-12-6-11(16-13(14)17-12)15-9-7-19-10-5-3-2-4-8(9)10/h2-6,9H,7H2,1H3,(H3,14,15,16,17). The first-order valence-corrected chi connectivity index (χ1v) is 5.93. The van der Waals surface area contributed by atoms with E-state index in [9.17, 15) is 0 Å². The van der Waals surface area contributed by atoms with E-state index in [0.29, 0.717) is 18.3 Å². The molecule has 6 heteroatoms. The minimum absolute atomic E-state index is 0.0511. The van der Waals surface area contributed by atoms with Gasteiger partial charge in [-0.2, -0.15) is 9.97 Å². The highest BCUT2D eigenvalue weighted by molar-refractivity contribution is 5.48. The molecule has 1 atom stereocenters. The van der Waals surface area contributed by atoms with Gasteiger partial charge < -0.3 is 20.5 Å². The molecule has 3 N–H and O–H groups in total. The van der Waals surface area contributed by atoms with Gasteiger partial charge in [-0.25, -0.2) is 0 Å². The first kappa shape index (κ1) is 11.6. The summed E-state index contributed by atoms with van der Waals surface area (Å²) in [4.78, 5) is 8.08. The summed E-state index contributed by atoms with van der Waals surface area (Å²) in [5, 5.41) is 3.28. The minimum Gasteiger partial charge on any atom is -0.491 e. The molecular formula is C13H14N4O2. The smallest absolute Gasteiger partial charge is 0.225 e. The maximum absolute atomic E-state index is 5.63. The summed E-state index contributed by atoms with van der Waals surface area (Å²) >= 11 is 0. The maximum atomic E-state index is 5.63. The fourth-order valence-electron chi connectivity index (χ4n) is 2.08. The highest BCUT2D eigenvalue weighted by Crippen LogP contribution is 2.34. The zero-order valence-electron chi connectivity index (χ0n) is 10.5. The Morgan fingerprint density at radius 1 is 1.37 bits per heavy atom. The second-order valence-corrected chi connectivity index (χ2v) is 4.20. The summed E-state index contributed by atoms with van der Waals surface area (Å²) in [5.41, 5.74) is 6.74. The van der Waals surface area contributed by atoms with Gasteiger partial charge in [0.15, 0.2) is 0 Å². The fourth-order valence-corrected chi connectivity index (χ4v) is 2.08. The van der Waals surface area contributed by atoms with Gasteiger partial charge in [-0.1, -0.05) is 18.2 Å². The molecule has 0 spiro atoms. The number of ether oxygens (including phenoxy) is 2. The third kappa shape index (κ3) is 2.24. The molecule has 1 aliphatic heterocycles. The van der Waals surface area contributed by atoms with Crippen LogP contribution in [-0.2, 0) is 0 Å². The Morgan fingerprint density at radius 2 is 2.21 bits per heavy atom. The fraction of sp³-hybridized carbons (Fsp3) is 0.231. The number of methoxy groups -OCH3 is 1. The van der Waals surface area contributed by atoms with E-state index < -0.39 is 0 Å². The van der Waals surface area contributed by atoms with Crippen molar-refractivity contribution in [1.82, 2.24) is 9.97 Å². The number of hydrogen-bond donors (Lipinski definition) is 2. The first-order valence-electron chi connectivity index (χ1n) is 5.93. The van der Waals surface area contributed by atoms with Crippen LogP contribution in [0.25, 0.3) is 0 Å². The average Bonchev–Trinajstić information content (AvgIpc) is 2.82. The Morgan fingerprint density at radius 3 is 3.05 bits per heavy atom. The number of aromatic nitrogens is 2. The predicted octanol–water partition coefficient (Wildman–Crippen LogP) is 1.61. The van der Waals surface area contributed by atoms with Gasteiger partial charge in [0.05, 0.1) is 13.2 Å². The molecule has 2 aromatic rings. The number of nitrogens with two attached hydrogens (primary N) is 1. The number of para-hydroxylation sites is 1. The molecule has 0 bridgehead atoms. The number of anilines is 2. The van der Waals surface area contributed by atoms with Crippen LogP contribution < -0.4 is 20.5 Å².